The molecule has 0 N–H and O–H groups in total. The number of rotatable bonds is 3. The second-order valence-corrected chi connectivity index (χ2v) is 5.71. The molecule has 2 aromatic heterocycles. The summed E-state index contributed by atoms with van der Waals surface area (Å²) in [5.74, 6) is 1.41. The maximum Gasteiger partial charge on any atom is 0.226 e. The SMILES string of the molecule is Cc1oc(-c2ccccc2)nc1Cn1ccc(=O)c2ccccc21. The maximum atomic E-state index is 12.0. The Hall–Kier alpha value is -3.14. The Morgan fingerprint density at radius 2 is 1.75 bits per heavy atom. The fraction of sp³-hybridized carbons (Fsp3) is 0.100. The van der Waals surface area contributed by atoms with Crippen LogP contribution in [-0.2, 0) is 6.54 Å². The van der Waals surface area contributed by atoms with Crippen LogP contribution in [0, 0.1) is 6.92 Å². The number of para-hydroxylation sites is 1. The first kappa shape index (κ1) is 14.5. The van der Waals surface area contributed by atoms with Crippen LogP contribution in [0.5, 0.6) is 0 Å². The van der Waals surface area contributed by atoms with Crippen LogP contribution in [0.25, 0.3) is 22.4 Å². The summed E-state index contributed by atoms with van der Waals surface area (Å²) in [6.45, 7) is 2.47. The highest BCUT2D eigenvalue weighted by molar-refractivity contribution is 5.78. The third-order valence-corrected chi connectivity index (χ3v) is 4.12. The fourth-order valence-corrected chi connectivity index (χ4v) is 2.84. The average molecular weight is 316 g/mol. The molecule has 0 radical (unpaired) electrons. The van der Waals surface area contributed by atoms with E-state index in [1.54, 1.807) is 12.3 Å². The number of oxazole rings is 1. The Morgan fingerprint density at radius 1 is 1.00 bits per heavy atom. The summed E-state index contributed by atoms with van der Waals surface area (Å²) in [5, 5.41) is 0.712. The highest BCUT2D eigenvalue weighted by Crippen LogP contribution is 2.22. The van der Waals surface area contributed by atoms with E-state index in [4.69, 9.17) is 4.42 Å². The Bertz CT molecular complexity index is 1060. The second kappa shape index (κ2) is 5.81. The zero-order chi connectivity index (χ0) is 16.5. The average Bonchev–Trinajstić information content (AvgIpc) is 2.99. The molecule has 2 heterocycles. The van der Waals surface area contributed by atoms with Crippen molar-refractivity contribution < 1.29 is 4.42 Å². The van der Waals surface area contributed by atoms with Gasteiger partial charge < -0.3 is 8.98 Å². The molecular weight excluding hydrogens is 300 g/mol. The molecule has 0 amide bonds. The van der Waals surface area contributed by atoms with Crippen molar-refractivity contribution in [3.8, 4) is 11.5 Å². The molecule has 0 spiro atoms. The molecule has 4 rings (SSSR count). The van der Waals surface area contributed by atoms with E-state index in [1.807, 2.05) is 66.1 Å². The normalized spacial score (nSPS) is 11.0. The van der Waals surface area contributed by atoms with Crippen molar-refractivity contribution in [1.82, 2.24) is 9.55 Å². The molecule has 4 heteroatoms. The number of fused-ring (bicyclic) bond motifs is 1. The van der Waals surface area contributed by atoms with Gasteiger partial charge in [-0.05, 0) is 31.2 Å². The van der Waals surface area contributed by atoms with E-state index in [0.717, 1.165) is 22.5 Å². The fourth-order valence-electron chi connectivity index (χ4n) is 2.84. The lowest BCUT2D eigenvalue weighted by Gasteiger charge is -2.09. The summed E-state index contributed by atoms with van der Waals surface area (Å²) in [5.41, 5.74) is 2.75. The lowest BCUT2D eigenvalue weighted by atomic mass is 10.2. The van der Waals surface area contributed by atoms with Gasteiger partial charge in [0.05, 0.1) is 12.1 Å². The van der Waals surface area contributed by atoms with Crippen molar-refractivity contribution >= 4 is 10.9 Å². The molecular formula is C20H16N2O2. The number of benzene rings is 2. The monoisotopic (exact) mass is 316 g/mol. The van der Waals surface area contributed by atoms with Crippen molar-refractivity contribution in [1.29, 1.82) is 0 Å². The zero-order valence-corrected chi connectivity index (χ0v) is 13.3. The van der Waals surface area contributed by atoms with Crippen LogP contribution >= 0.6 is 0 Å². The summed E-state index contributed by atoms with van der Waals surface area (Å²) >= 11 is 0. The van der Waals surface area contributed by atoms with E-state index in [1.165, 1.54) is 0 Å². The number of aromatic nitrogens is 2. The molecule has 0 unspecified atom stereocenters. The molecule has 0 atom stereocenters. The lowest BCUT2D eigenvalue weighted by molar-refractivity contribution is 0.538. The van der Waals surface area contributed by atoms with Gasteiger partial charge in [0.2, 0.25) is 5.89 Å². The number of hydrogen-bond acceptors (Lipinski definition) is 3. The molecule has 118 valence electrons. The van der Waals surface area contributed by atoms with Gasteiger partial charge in [0.25, 0.3) is 0 Å². The molecule has 0 bridgehead atoms. The van der Waals surface area contributed by atoms with Crippen LogP contribution in [0.15, 0.2) is 76.1 Å². The first-order valence-corrected chi connectivity index (χ1v) is 7.82. The van der Waals surface area contributed by atoms with Gasteiger partial charge in [-0.25, -0.2) is 4.98 Å². The summed E-state index contributed by atoms with van der Waals surface area (Å²) in [6, 6.07) is 19.0. The third-order valence-electron chi connectivity index (χ3n) is 4.12. The van der Waals surface area contributed by atoms with Crippen LogP contribution in [0.1, 0.15) is 11.5 Å². The summed E-state index contributed by atoms with van der Waals surface area (Å²) in [6.07, 6.45) is 1.81. The van der Waals surface area contributed by atoms with Crippen molar-refractivity contribution in [2.24, 2.45) is 0 Å². The Labute approximate surface area is 139 Å². The van der Waals surface area contributed by atoms with E-state index in [-0.39, 0.29) is 5.43 Å². The predicted octanol–water partition coefficient (Wildman–Crippen LogP) is 4.01. The lowest BCUT2D eigenvalue weighted by Crippen LogP contribution is -2.09. The van der Waals surface area contributed by atoms with Gasteiger partial charge in [0.1, 0.15) is 11.5 Å². The predicted molar refractivity (Wildman–Crippen MR) is 94.0 cm³/mol. The van der Waals surface area contributed by atoms with Crippen LogP contribution < -0.4 is 5.43 Å². The first-order valence-electron chi connectivity index (χ1n) is 7.82. The Morgan fingerprint density at radius 3 is 2.58 bits per heavy atom. The Kier molecular flexibility index (Phi) is 3.50. The quantitative estimate of drug-likeness (QED) is 0.574. The molecule has 0 aliphatic carbocycles. The van der Waals surface area contributed by atoms with E-state index < -0.39 is 0 Å². The van der Waals surface area contributed by atoms with Gasteiger partial charge in [-0.3, -0.25) is 4.79 Å². The molecule has 4 aromatic rings. The molecule has 0 fully saturated rings. The number of nitrogens with zero attached hydrogens (tertiary/aromatic N) is 2. The topological polar surface area (TPSA) is 48.0 Å². The molecule has 0 saturated carbocycles. The van der Waals surface area contributed by atoms with Crippen LogP contribution in [-0.4, -0.2) is 9.55 Å². The third kappa shape index (κ3) is 2.52. The van der Waals surface area contributed by atoms with Gasteiger partial charge in [-0.1, -0.05) is 30.3 Å². The van der Waals surface area contributed by atoms with Crippen LogP contribution in [0.3, 0.4) is 0 Å². The Balaban J connectivity index is 1.76. The maximum absolute atomic E-state index is 12.0. The van der Waals surface area contributed by atoms with E-state index >= 15 is 0 Å². The van der Waals surface area contributed by atoms with Crippen molar-refractivity contribution in [3.05, 3.63) is 88.5 Å². The van der Waals surface area contributed by atoms with Crippen LogP contribution in [0.4, 0.5) is 0 Å². The van der Waals surface area contributed by atoms with Gasteiger partial charge in [0, 0.05) is 23.2 Å². The second-order valence-electron chi connectivity index (χ2n) is 5.71. The molecule has 24 heavy (non-hydrogen) atoms. The summed E-state index contributed by atoms with van der Waals surface area (Å²) in [4.78, 5) is 16.6. The van der Waals surface area contributed by atoms with Gasteiger partial charge in [0.15, 0.2) is 5.43 Å². The van der Waals surface area contributed by atoms with E-state index in [0.29, 0.717) is 17.8 Å². The minimum Gasteiger partial charge on any atom is -0.441 e. The molecule has 2 aromatic carbocycles. The standard InChI is InChI=1S/C20H16N2O2/c1-14-17(21-20(24-14)15-7-3-2-4-8-15)13-22-12-11-19(23)16-9-5-6-10-18(16)22/h2-12H,13H2,1H3. The number of hydrogen-bond donors (Lipinski definition) is 0. The molecule has 0 saturated heterocycles. The van der Waals surface area contributed by atoms with Crippen molar-refractivity contribution in [2.75, 3.05) is 0 Å². The van der Waals surface area contributed by atoms with E-state index in [9.17, 15) is 4.79 Å². The van der Waals surface area contributed by atoms with Gasteiger partial charge in [-0.15, -0.1) is 0 Å². The minimum absolute atomic E-state index is 0.0312. The molecule has 0 aliphatic heterocycles. The van der Waals surface area contributed by atoms with Gasteiger partial charge in [-0.2, -0.15) is 0 Å². The zero-order valence-electron chi connectivity index (χ0n) is 13.3. The largest absolute Gasteiger partial charge is 0.441 e. The number of aryl methyl sites for hydroxylation is 1. The molecule has 0 aliphatic rings. The highest BCUT2D eigenvalue weighted by Gasteiger charge is 2.12. The van der Waals surface area contributed by atoms with Crippen molar-refractivity contribution in [3.63, 3.8) is 0 Å². The summed E-state index contributed by atoms with van der Waals surface area (Å²) < 4.78 is 7.85. The van der Waals surface area contributed by atoms with Gasteiger partial charge >= 0.3 is 0 Å². The van der Waals surface area contributed by atoms with Crippen LogP contribution in [0.2, 0.25) is 0 Å². The first-order chi connectivity index (χ1) is 11.7. The number of pyridine rings is 1. The molecule has 4 nitrogen and oxygen atoms in total. The highest BCUT2D eigenvalue weighted by atomic mass is 16.4. The smallest absolute Gasteiger partial charge is 0.226 e. The van der Waals surface area contributed by atoms with Crippen molar-refractivity contribution in [2.45, 2.75) is 13.5 Å². The minimum atomic E-state index is 0.0312. The van der Waals surface area contributed by atoms with E-state index in [2.05, 4.69) is 4.98 Å². The summed E-state index contributed by atoms with van der Waals surface area (Å²) in [7, 11) is 0.